The third kappa shape index (κ3) is 2.00. The molecule has 2 rings (SSSR count). The van der Waals surface area contributed by atoms with Crippen LogP contribution in [0.4, 0.5) is 0 Å². The van der Waals surface area contributed by atoms with Gasteiger partial charge in [0, 0.05) is 5.92 Å². The van der Waals surface area contributed by atoms with Crippen LogP contribution in [0.15, 0.2) is 0 Å². The van der Waals surface area contributed by atoms with Crippen molar-refractivity contribution >= 4 is 11.9 Å². The highest BCUT2D eigenvalue weighted by Crippen LogP contribution is 2.44. The maximum absolute atomic E-state index is 12.3. The van der Waals surface area contributed by atoms with Gasteiger partial charge in [-0.2, -0.15) is 0 Å². The first-order valence-corrected chi connectivity index (χ1v) is 6.49. The van der Waals surface area contributed by atoms with E-state index in [9.17, 15) is 14.7 Å². The van der Waals surface area contributed by atoms with Gasteiger partial charge in [0.25, 0.3) is 0 Å². The van der Waals surface area contributed by atoms with Crippen molar-refractivity contribution < 1.29 is 19.4 Å². The summed E-state index contributed by atoms with van der Waals surface area (Å²) in [6, 6.07) is 0. The lowest BCUT2D eigenvalue weighted by atomic mass is 9.81. The van der Waals surface area contributed by atoms with Crippen molar-refractivity contribution in [2.45, 2.75) is 51.2 Å². The molecule has 3 atom stereocenters. The molecule has 3 unspecified atom stereocenters. The molecule has 1 saturated heterocycles. The van der Waals surface area contributed by atoms with E-state index in [1.165, 1.54) is 0 Å². The van der Waals surface area contributed by atoms with E-state index in [4.69, 9.17) is 4.74 Å². The van der Waals surface area contributed by atoms with Crippen molar-refractivity contribution in [1.29, 1.82) is 0 Å². The van der Waals surface area contributed by atoms with Gasteiger partial charge in [0.2, 0.25) is 5.54 Å². The molecule has 1 aliphatic heterocycles. The lowest BCUT2D eigenvalue weighted by molar-refractivity contribution is -0.173. The van der Waals surface area contributed by atoms with E-state index in [1.807, 2.05) is 0 Å². The second kappa shape index (κ2) is 4.23. The van der Waals surface area contributed by atoms with Crippen molar-refractivity contribution in [3.8, 4) is 0 Å². The highest BCUT2D eigenvalue weighted by molar-refractivity contribution is 6.05. The van der Waals surface area contributed by atoms with Gasteiger partial charge in [-0.3, -0.25) is 5.32 Å². The molecule has 102 valence electrons. The van der Waals surface area contributed by atoms with Crippen LogP contribution in [-0.4, -0.2) is 34.7 Å². The minimum Gasteiger partial charge on any atom is -0.479 e. The topological polar surface area (TPSA) is 75.6 Å². The molecule has 0 amide bonds. The van der Waals surface area contributed by atoms with E-state index in [2.05, 4.69) is 5.32 Å². The number of hydrogen-bond acceptors (Lipinski definition) is 4. The van der Waals surface area contributed by atoms with Crippen molar-refractivity contribution in [3.05, 3.63) is 0 Å². The summed E-state index contributed by atoms with van der Waals surface area (Å²) in [6.45, 7) is 5.85. The number of fused-ring (bicyclic) bond motifs is 1. The SMILES string of the molecule is CC(C)(C)OC(=O)C1(C(=O)O)NCC2CCCC21. The summed E-state index contributed by atoms with van der Waals surface area (Å²) >= 11 is 0. The molecule has 0 spiro atoms. The van der Waals surface area contributed by atoms with E-state index in [0.717, 1.165) is 19.3 Å². The number of carboxylic acid groups (broad SMARTS) is 1. The molecule has 1 saturated carbocycles. The number of carbonyl (C=O) groups excluding carboxylic acids is 1. The Hall–Kier alpha value is -1.10. The summed E-state index contributed by atoms with van der Waals surface area (Å²) in [5.74, 6) is -1.60. The van der Waals surface area contributed by atoms with Crippen LogP contribution in [0.2, 0.25) is 0 Å². The van der Waals surface area contributed by atoms with Gasteiger partial charge in [-0.25, -0.2) is 9.59 Å². The summed E-state index contributed by atoms with van der Waals surface area (Å²) in [5.41, 5.74) is -2.20. The second-order valence-corrected chi connectivity index (χ2v) is 6.29. The monoisotopic (exact) mass is 255 g/mol. The first-order chi connectivity index (χ1) is 8.27. The number of ether oxygens (including phenoxy) is 1. The maximum Gasteiger partial charge on any atom is 0.338 e. The van der Waals surface area contributed by atoms with Gasteiger partial charge in [-0.15, -0.1) is 0 Å². The molecule has 1 heterocycles. The molecule has 2 aliphatic rings. The first kappa shape index (κ1) is 13.3. The third-order valence-corrected chi connectivity index (χ3v) is 3.92. The Labute approximate surface area is 107 Å². The quantitative estimate of drug-likeness (QED) is 0.572. The van der Waals surface area contributed by atoms with E-state index in [-0.39, 0.29) is 11.8 Å². The van der Waals surface area contributed by atoms with Crippen LogP contribution in [-0.2, 0) is 14.3 Å². The van der Waals surface area contributed by atoms with E-state index in [0.29, 0.717) is 6.54 Å². The zero-order valence-corrected chi connectivity index (χ0v) is 11.2. The third-order valence-electron chi connectivity index (χ3n) is 3.92. The number of aliphatic carboxylic acids is 1. The molecule has 0 bridgehead atoms. The lowest BCUT2D eigenvalue weighted by Crippen LogP contribution is -2.60. The molecule has 0 radical (unpaired) electrons. The molecule has 5 heteroatoms. The largest absolute Gasteiger partial charge is 0.479 e. The second-order valence-electron chi connectivity index (χ2n) is 6.29. The Morgan fingerprint density at radius 1 is 1.33 bits per heavy atom. The summed E-state index contributed by atoms with van der Waals surface area (Å²) < 4.78 is 5.31. The highest BCUT2D eigenvalue weighted by atomic mass is 16.6. The van der Waals surface area contributed by atoms with Gasteiger partial charge in [-0.05, 0) is 46.1 Å². The first-order valence-electron chi connectivity index (χ1n) is 6.49. The zero-order chi connectivity index (χ0) is 13.6. The Balaban J connectivity index is 2.28. The molecule has 1 aliphatic carbocycles. The van der Waals surface area contributed by atoms with Gasteiger partial charge < -0.3 is 9.84 Å². The fourth-order valence-electron chi connectivity index (χ4n) is 3.18. The number of hydrogen-bond donors (Lipinski definition) is 2. The van der Waals surface area contributed by atoms with Crippen LogP contribution in [0.5, 0.6) is 0 Å². The number of carboxylic acids is 1. The van der Waals surface area contributed by atoms with Crippen LogP contribution >= 0.6 is 0 Å². The van der Waals surface area contributed by atoms with Crippen molar-refractivity contribution in [1.82, 2.24) is 5.32 Å². The molecular weight excluding hydrogens is 234 g/mol. The van der Waals surface area contributed by atoms with Gasteiger partial charge in [-0.1, -0.05) is 6.42 Å². The van der Waals surface area contributed by atoms with Crippen molar-refractivity contribution in [2.75, 3.05) is 6.54 Å². The maximum atomic E-state index is 12.3. The molecule has 0 aromatic carbocycles. The number of carbonyl (C=O) groups is 2. The predicted octanol–water partition coefficient (Wildman–Crippen LogP) is 1.17. The highest BCUT2D eigenvalue weighted by Gasteiger charge is 2.61. The Kier molecular flexibility index (Phi) is 3.13. The smallest absolute Gasteiger partial charge is 0.338 e. The van der Waals surface area contributed by atoms with E-state index in [1.54, 1.807) is 20.8 Å². The minimum atomic E-state index is -1.53. The van der Waals surface area contributed by atoms with Crippen LogP contribution in [0.25, 0.3) is 0 Å². The lowest BCUT2D eigenvalue weighted by Gasteiger charge is -2.32. The summed E-state index contributed by atoms with van der Waals surface area (Å²) in [4.78, 5) is 23.9. The minimum absolute atomic E-state index is 0.134. The number of esters is 1. The van der Waals surface area contributed by atoms with Crippen LogP contribution in [0.1, 0.15) is 40.0 Å². The number of nitrogens with one attached hydrogen (secondary N) is 1. The van der Waals surface area contributed by atoms with Crippen LogP contribution in [0, 0.1) is 11.8 Å². The Morgan fingerprint density at radius 2 is 2.00 bits per heavy atom. The average Bonchev–Trinajstić information content (AvgIpc) is 2.72. The Bertz CT molecular complexity index is 374. The molecule has 18 heavy (non-hydrogen) atoms. The standard InChI is InChI=1S/C13H21NO4/c1-12(2,3)18-11(17)13(10(15)16)9-6-4-5-8(9)7-14-13/h8-9,14H,4-7H2,1-3H3,(H,15,16). The molecular formula is C13H21NO4. The van der Waals surface area contributed by atoms with Gasteiger partial charge >= 0.3 is 11.9 Å². The molecule has 0 aromatic heterocycles. The molecule has 5 nitrogen and oxygen atoms in total. The van der Waals surface area contributed by atoms with Gasteiger partial charge in [0.1, 0.15) is 5.60 Å². The average molecular weight is 255 g/mol. The van der Waals surface area contributed by atoms with E-state index >= 15 is 0 Å². The van der Waals surface area contributed by atoms with Gasteiger partial charge in [0.15, 0.2) is 0 Å². The van der Waals surface area contributed by atoms with Crippen molar-refractivity contribution in [3.63, 3.8) is 0 Å². The Morgan fingerprint density at radius 3 is 2.56 bits per heavy atom. The summed E-state index contributed by atoms with van der Waals surface area (Å²) in [5, 5.41) is 12.4. The van der Waals surface area contributed by atoms with Crippen LogP contribution < -0.4 is 5.32 Å². The summed E-state index contributed by atoms with van der Waals surface area (Å²) in [6.07, 6.45) is 2.77. The van der Waals surface area contributed by atoms with Crippen LogP contribution in [0.3, 0.4) is 0 Å². The normalized spacial score (nSPS) is 35.3. The predicted molar refractivity (Wildman–Crippen MR) is 65.0 cm³/mol. The fraction of sp³-hybridized carbons (Fsp3) is 0.846. The number of rotatable bonds is 2. The summed E-state index contributed by atoms with van der Waals surface area (Å²) in [7, 11) is 0. The molecule has 2 fully saturated rings. The zero-order valence-electron chi connectivity index (χ0n) is 11.2. The molecule has 2 N–H and O–H groups in total. The molecule has 0 aromatic rings. The van der Waals surface area contributed by atoms with Crippen molar-refractivity contribution in [2.24, 2.45) is 11.8 Å². The van der Waals surface area contributed by atoms with E-state index < -0.39 is 23.1 Å². The van der Waals surface area contributed by atoms with Gasteiger partial charge in [0.05, 0.1) is 0 Å². The fourth-order valence-corrected chi connectivity index (χ4v) is 3.18.